The molecule has 0 fully saturated rings. The van der Waals surface area contributed by atoms with Crippen molar-refractivity contribution in [2.45, 2.75) is 24.3 Å². The van der Waals surface area contributed by atoms with E-state index in [9.17, 15) is 9.59 Å². The zero-order valence-corrected chi connectivity index (χ0v) is 12.4. The standard InChI is InChI=1S/C14H17N3O2S/c1-17(9-10-3-5-11(20-2)6-4-10)14(19)12-7-8-13(18)16-15-12/h3-6H,7-9H2,1-2H3,(H,16,18). The highest BCUT2D eigenvalue weighted by Gasteiger charge is 2.21. The van der Waals surface area contributed by atoms with Crippen molar-refractivity contribution >= 4 is 29.3 Å². The van der Waals surface area contributed by atoms with Gasteiger partial charge < -0.3 is 4.90 Å². The first-order valence-electron chi connectivity index (χ1n) is 6.34. The fourth-order valence-corrected chi connectivity index (χ4v) is 2.33. The summed E-state index contributed by atoms with van der Waals surface area (Å²) in [6.07, 6.45) is 2.75. The van der Waals surface area contributed by atoms with E-state index in [1.165, 1.54) is 4.90 Å². The van der Waals surface area contributed by atoms with E-state index < -0.39 is 0 Å². The first kappa shape index (κ1) is 14.6. The molecule has 0 aliphatic carbocycles. The van der Waals surface area contributed by atoms with Crippen LogP contribution in [-0.4, -0.2) is 35.7 Å². The van der Waals surface area contributed by atoms with E-state index in [0.29, 0.717) is 25.1 Å². The second kappa shape index (κ2) is 6.56. The maximum Gasteiger partial charge on any atom is 0.270 e. The van der Waals surface area contributed by atoms with Gasteiger partial charge in [-0.15, -0.1) is 11.8 Å². The number of nitrogens with one attached hydrogen (secondary N) is 1. The summed E-state index contributed by atoms with van der Waals surface area (Å²) in [5, 5.41) is 3.82. The zero-order valence-electron chi connectivity index (χ0n) is 11.5. The molecule has 1 aromatic rings. The van der Waals surface area contributed by atoms with E-state index in [1.807, 2.05) is 30.5 Å². The van der Waals surface area contributed by atoms with E-state index in [2.05, 4.69) is 10.5 Å². The molecule has 0 radical (unpaired) electrons. The van der Waals surface area contributed by atoms with Crippen molar-refractivity contribution in [3.05, 3.63) is 29.8 Å². The van der Waals surface area contributed by atoms with Gasteiger partial charge in [0.05, 0.1) is 0 Å². The third-order valence-electron chi connectivity index (χ3n) is 3.08. The molecule has 20 heavy (non-hydrogen) atoms. The Morgan fingerprint density at radius 3 is 2.60 bits per heavy atom. The Morgan fingerprint density at radius 2 is 2.05 bits per heavy atom. The van der Waals surface area contributed by atoms with Crippen LogP contribution < -0.4 is 5.43 Å². The third-order valence-corrected chi connectivity index (χ3v) is 3.82. The molecule has 1 aliphatic heterocycles. The topological polar surface area (TPSA) is 61.8 Å². The maximum atomic E-state index is 12.2. The molecule has 106 valence electrons. The van der Waals surface area contributed by atoms with Crippen molar-refractivity contribution in [3.8, 4) is 0 Å². The van der Waals surface area contributed by atoms with Crippen molar-refractivity contribution in [2.75, 3.05) is 13.3 Å². The molecule has 0 saturated carbocycles. The lowest BCUT2D eigenvalue weighted by Crippen LogP contribution is -2.37. The number of carbonyl (C=O) groups is 2. The predicted molar refractivity (Wildman–Crippen MR) is 79.5 cm³/mol. The minimum atomic E-state index is -0.142. The van der Waals surface area contributed by atoms with Gasteiger partial charge in [-0.1, -0.05) is 12.1 Å². The Balaban J connectivity index is 1.98. The van der Waals surface area contributed by atoms with Crippen molar-refractivity contribution in [3.63, 3.8) is 0 Å². The quantitative estimate of drug-likeness (QED) is 0.858. The summed E-state index contributed by atoms with van der Waals surface area (Å²) >= 11 is 1.69. The van der Waals surface area contributed by atoms with Gasteiger partial charge in [0.1, 0.15) is 5.71 Å². The Bertz CT molecular complexity index is 540. The second-order valence-corrected chi connectivity index (χ2v) is 5.48. The first-order chi connectivity index (χ1) is 9.60. The zero-order chi connectivity index (χ0) is 14.5. The molecule has 0 bridgehead atoms. The minimum absolute atomic E-state index is 0.140. The molecular weight excluding hydrogens is 274 g/mol. The van der Waals surface area contributed by atoms with Gasteiger partial charge >= 0.3 is 0 Å². The van der Waals surface area contributed by atoms with Crippen molar-refractivity contribution in [1.82, 2.24) is 10.3 Å². The van der Waals surface area contributed by atoms with Crippen LogP contribution in [0, 0.1) is 0 Å². The van der Waals surface area contributed by atoms with E-state index >= 15 is 0 Å². The lowest BCUT2D eigenvalue weighted by atomic mass is 10.1. The molecule has 0 spiro atoms. The number of thioether (sulfide) groups is 1. The van der Waals surface area contributed by atoms with E-state index in [4.69, 9.17) is 0 Å². The summed E-state index contributed by atoms with van der Waals surface area (Å²) in [6.45, 7) is 0.528. The maximum absolute atomic E-state index is 12.2. The van der Waals surface area contributed by atoms with Crippen molar-refractivity contribution in [1.29, 1.82) is 0 Å². The minimum Gasteiger partial charge on any atom is -0.336 e. The highest BCUT2D eigenvalue weighted by atomic mass is 32.2. The summed E-state index contributed by atoms with van der Waals surface area (Å²) in [5.41, 5.74) is 3.82. The molecule has 0 saturated heterocycles. The van der Waals surface area contributed by atoms with Gasteiger partial charge in [0, 0.05) is 31.3 Å². The number of benzene rings is 1. The van der Waals surface area contributed by atoms with Crippen LogP contribution in [0.1, 0.15) is 18.4 Å². The number of amides is 2. The second-order valence-electron chi connectivity index (χ2n) is 4.60. The average Bonchev–Trinajstić information content (AvgIpc) is 2.48. The molecule has 1 aliphatic rings. The average molecular weight is 291 g/mol. The fourth-order valence-electron chi connectivity index (χ4n) is 1.93. The molecule has 5 nitrogen and oxygen atoms in total. The highest BCUT2D eigenvalue weighted by molar-refractivity contribution is 7.98. The lowest BCUT2D eigenvalue weighted by Gasteiger charge is -2.20. The number of hydrogen-bond acceptors (Lipinski definition) is 4. The van der Waals surface area contributed by atoms with Crippen LogP contribution in [0.2, 0.25) is 0 Å². The molecule has 2 rings (SSSR count). The van der Waals surface area contributed by atoms with E-state index in [1.54, 1.807) is 23.7 Å². The summed E-state index contributed by atoms with van der Waals surface area (Å²) in [4.78, 5) is 26.0. The van der Waals surface area contributed by atoms with Gasteiger partial charge in [-0.05, 0) is 24.0 Å². The molecule has 0 unspecified atom stereocenters. The van der Waals surface area contributed by atoms with E-state index in [0.717, 1.165) is 5.56 Å². The first-order valence-corrected chi connectivity index (χ1v) is 7.56. The van der Waals surface area contributed by atoms with Crippen LogP contribution in [-0.2, 0) is 16.1 Å². The molecule has 2 amide bonds. The van der Waals surface area contributed by atoms with Gasteiger partial charge in [-0.25, -0.2) is 5.43 Å². The van der Waals surface area contributed by atoms with Crippen molar-refractivity contribution in [2.24, 2.45) is 5.10 Å². The SMILES string of the molecule is CSc1ccc(CN(C)C(=O)C2=NNC(=O)CC2)cc1. The van der Waals surface area contributed by atoms with E-state index in [-0.39, 0.29) is 11.8 Å². The van der Waals surface area contributed by atoms with Crippen LogP contribution in [0.15, 0.2) is 34.3 Å². The monoisotopic (exact) mass is 291 g/mol. The molecule has 1 N–H and O–H groups in total. The predicted octanol–water partition coefficient (Wildman–Crippen LogP) is 1.63. The number of carbonyl (C=O) groups excluding carboxylic acids is 2. The summed E-state index contributed by atoms with van der Waals surface area (Å²) in [5.74, 6) is -0.282. The normalized spacial score (nSPS) is 14.5. The Hall–Kier alpha value is -1.82. The van der Waals surface area contributed by atoms with Gasteiger partial charge in [-0.2, -0.15) is 5.10 Å². The number of nitrogens with zero attached hydrogens (tertiary/aromatic N) is 2. The number of hydrogen-bond donors (Lipinski definition) is 1. The highest BCUT2D eigenvalue weighted by Crippen LogP contribution is 2.16. The summed E-state index contributed by atoms with van der Waals surface area (Å²) in [6, 6.07) is 8.10. The molecular formula is C14H17N3O2S. The Kier molecular flexibility index (Phi) is 4.79. The van der Waals surface area contributed by atoms with Gasteiger partial charge in [-0.3, -0.25) is 9.59 Å². The molecule has 0 aromatic heterocycles. The van der Waals surface area contributed by atoms with Crippen molar-refractivity contribution < 1.29 is 9.59 Å². The molecule has 1 heterocycles. The van der Waals surface area contributed by atoms with Crippen LogP contribution >= 0.6 is 11.8 Å². The van der Waals surface area contributed by atoms with Gasteiger partial charge in [0.15, 0.2) is 0 Å². The van der Waals surface area contributed by atoms with Gasteiger partial charge in [0.25, 0.3) is 5.91 Å². The largest absolute Gasteiger partial charge is 0.336 e. The Labute approximate surface area is 122 Å². The number of hydrazone groups is 1. The smallest absolute Gasteiger partial charge is 0.270 e. The molecule has 0 atom stereocenters. The Morgan fingerprint density at radius 1 is 1.35 bits per heavy atom. The van der Waals surface area contributed by atoms with Gasteiger partial charge in [0.2, 0.25) is 5.91 Å². The van der Waals surface area contributed by atoms with Crippen LogP contribution in [0.4, 0.5) is 0 Å². The van der Waals surface area contributed by atoms with Crippen LogP contribution in [0.25, 0.3) is 0 Å². The fraction of sp³-hybridized carbons (Fsp3) is 0.357. The molecule has 6 heteroatoms. The van der Waals surface area contributed by atoms with Crippen LogP contribution in [0.5, 0.6) is 0 Å². The van der Waals surface area contributed by atoms with Crippen LogP contribution in [0.3, 0.4) is 0 Å². The summed E-state index contributed by atoms with van der Waals surface area (Å²) in [7, 11) is 1.74. The lowest BCUT2D eigenvalue weighted by molar-refractivity contribution is -0.124. The third kappa shape index (κ3) is 3.60. The number of rotatable bonds is 4. The molecule has 1 aromatic carbocycles. The summed E-state index contributed by atoms with van der Waals surface area (Å²) < 4.78 is 0.